The molecule has 4 atom stereocenters. The summed E-state index contributed by atoms with van der Waals surface area (Å²) in [5.41, 5.74) is 0. The maximum Gasteiger partial charge on any atom is 0.132 e. The summed E-state index contributed by atoms with van der Waals surface area (Å²) in [5.74, 6) is -0.561. The summed E-state index contributed by atoms with van der Waals surface area (Å²) in [6.45, 7) is 2.16. The summed E-state index contributed by atoms with van der Waals surface area (Å²) in [7, 11) is 0. The Balaban J connectivity index is 2.21. The van der Waals surface area contributed by atoms with Gasteiger partial charge in [-0.05, 0) is 18.8 Å². The van der Waals surface area contributed by atoms with Gasteiger partial charge in [0.05, 0.1) is 12.2 Å². The highest BCUT2D eigenvalue weighted by molar-refractivity contribution is 5.78. The molecule has 4 nitrogen and oxygen atoms in total. The predicted molar refractivity (Wildman–Crippen MR) is 77.3 cm³/mol. The molecule has 0 bridgehead atoms. The van der Waals surface area contributed by atoms with E-state index in [9.17, 15) is 19.8 Å². The van der Waals surface area contributed by atoms with E-state index < -0.39 is 18.1 Å². The van der Waals surface area contributed by atoms with Gasteiger partial charge >= 0.3 is 0 Å². The lowest BCUT2D eigenvalue weighted by atomic mass is 9.89. The number of carbonyl (C=O) groups excluding carboxylic acids is 2. The SMILES string of the molecule is CCCCCCCC(=O)CC[C@H]1[C@@H](C=O)[C@H](O)C[C@@H]1O. The third-order valence-electron chi connectivity index (χ3n) is 4.39. The van der Waals surface area contributed by atoms with E-state index in [0.717, 1.165) is 19.1 Å². The van der Waals surface area contributed by atoms with Gasteiger partial charge in [0.1, 0.15) is 12.1 Å². The molecule has 0 aromatic heterocycles. The zero-order valence-corrected chi connectivity index (χ0v) is 12.5. The van der Waals surface area contributed by atoms with E-state index >= 15 is 0 Å². The maximum absolute atomic E-state index is 11.8. The van der Waals surface area contributed by atoms with Crippen molar-refractivity contribution < 1.29 is 19.8 Å². The predicted octanol–water partition coefficient (Wildman–Crippen LogP) is 2.25. The number of aldehydes is 1. The number of aliphatic hydroxyl groups excluding tert-OH is 2. The van der Waals surface area contributed by atoms with Crippen LogP contribution in [0.2, 0.25) is 0 Å². The molecule has 0 aliphatic heterocycles. The fourth-order valence-electron chi connectivity index (χ4n) is 3.08. The number of hydrogen-bond donors (Lipinski definition) is 2. The molecule has 1 aliphatic carbocycles. The van der Waals surface area contributed by atoms with Crippen LogP contribution in [0.3, 0.4) is 0 Å². The molecular weight excluding hydrogens is 256 g/mol. The molecule has 116 valence electrons. The minimum atomic E-state index is -0.753. The first kappa shape index (κ1) is 17.3. The summed E-state index contributed by atoms with van der Waals surface area (Å²) < 4.78 is 0. The molecule has 4 heteroatoms. The summed E-state index contributed by atoms with van der Waals surface area (Å²) in [4.78, 5) is 22.7. The van der Waals surface area contributed by atoms with Crippen molar-refractivity contribution >= 4 is 12.1 Å². The van der Waals surface area contributed by atoms with Crippen LogP contribution in [-0.4, -0.2) is 34.5 Å². The second-order valence-electron chi connectivity index (χ2n) is 5.99. The zero-order chi connectivity index (χ0) is 15.0. The molecule has 1 fully saturated rings. The quantitative estimate of drug-likeness (QED) is 0.476. The van der Waals surface area contributed by atoms with Crippen molar-refractivity contribution in [3.63, 3.8) is 0 Å². The highest BCUT2D eigenvalue weighted by Gasteiger charge is 2.41. The molecular formula is C16H28O4. The molecule has 1 aliphatic rings. The Labute approximate surface area is 121 Å². The van der Waals surface area contributed by atoms with Gasteiger partial charge in [-0.1, -0.05) is 32.6 Å². The van der Waals surface area contributed by atoms with Gasteiger partial charge in [-0.2, -0.15) is 0 Å². The Morgan fingerprint density at radius 2 is 1.80 bits per heavy atom. The van der Waals surface area contributed by atoms with Crippen molar-refractivity contribution in [3.05, 3.63) is 0 Å². The standard InChI is InChI=1S/C16H28O4/c1-2-3-4-5-6-7-12(18)8-9-13-14(11-17)16(20)10-15(13)19/h11,13-16,19-20H,2-10H2,1H3/t13-,14+,15-,16+/m0/s1. The summed E-state index contributed by atoms with van der Waals surface area (Å²) in [6, 6.07) is 0. The van der Waals surface area contributed by atoms with Crippen LogP contribution >= 0.6 is 0 Å². The van der Waals surface area contributed by atoms with Gasteiger partial charge in [0.15, 0.2) is 0 Å². The van der Waals surface area contributed by atoms with E-state index in [2.05, 4.69) is 6.92 Å². The van der Waals surface area contributed by atoms with Gasteiger partial charge in [0.2, 0.25) is 0 Å². The molecule has 0 amide bonds. The van der Waals surface area contributed by atoms with E-state index in [1.165, 1.54) is 19.3 Å². The average Bonchev–Trinajstić information content (AvgIpc) is 2.69. The third kappa shape index (κ3) is 5.33. The zero-order valence-electron chi connectivity index (χ0n) is 12.5. The van der Waals surface area contributed by atoms with Crippen LogP contribution in [0.4, 0.5) is 0 Å². The average molecular weight is 284 g/mol. The van der Waals surface area contributed by atoms with Crippen LogP contribution in [0.5, 0.6) is 0 Å². The van der Waals surface area contributed by atoms with Crippen LogP contribution in [0.1, 0.15) is 64.7 Å². The normalized spacial score (nSPS) is 29.6. The molecule has 1 saturated carbocycles. The molecule has 2 N–H and O–H groups in total. The fraction of sp³-hybridized carbons (Fsp3) is 0.875. The van der Waals surface area contributed by atoms with Crippen LogP contribution in [0, 0.1) is 11.8 Å². The Kier molecular flexibility index (Phi) is 8.00. The number of aliphatic hydroxyl groups is 2. The van der Waals surface area contributed by atoms with E-state index in [1.807, 2.05) is 0 Å². The van der Waals surface area contributed by atoms with Crippen molar-refractivity contribution in [2.24, 2.45) is 11.8 Å². The minimum absolute atomic E-state index is 0.208. The third-order valence-corrected chi connectivity index (χ3v) is 4.39. The first-order valence-electron chi connectivity index (χ1n) is 7.93. The topological polar surface area (TPSA) is 74.6 Å². The summed E-state index contributed by atoms with van der Waals surface area (Å²) >= 11 is 0. The summed E-state index contributed by atoms with van der Waals surface area (Å²) in [6.07, 6.45) is 6.72. The molecule has 0 spiro atoms. The largest absolute Gasteiger partial charge is 0.393 e. The maximum atomic E-state index is 11.8. The molecule has 0 saturated heterocycles. The van der Waals surface area contributed by atoms with Gasteiger partial charge in [-0.15, -0.1) is 0 Å². The molecule has 0 aromatic rings. The molecule has 20 heavy (non-hydrogen) atoms. The van der Waals surface area contributed by atoms with Gasteiger partial charge in [-0.25, -0.2) is 0 Å². The summed E-state index contributed by atoms with van der Waals surface area (Å²) in [5, 5.41) is 19.5. The van der Waals surface area contributed by atoms with Crippen LogP contribution in [0.15, 0.2) is 0 Å². The highest BCUT2D eigenvalue weighted by Crippen LogP contribution is 2.34. The van der Waals surface area contributed by atoms with E-state index in [-0.39, 0.29) is 18.1 Å². The lowest BCUT2D eigenvalue weighted by Gasteiger charge is -2.18. The highest BCUT2D eigenvalue weighted by atomic mass is 16.3. The Morgan fingerprint density at radius 3 is 2.45 bits per heavy atom. The van der Waals surface area contributed by atoms with Crippen molar-refractivity contribution in [2.45, 2.75) is 76.9 Å². The van der Waals surface area contributed by atoms with Gasteiger partial charge in [0, 0.05) is 25.2 Å². The van der Waals surface area contributed by atoms with Gasteiger partial charge in [-0.3, -0.25) is 4.79 Å². The number of ketones is 1. The number of hydrogen-bond acceptors (Lipinski definition) is 4. The fourth-order valence-corrected chi connectivity index (χ4v) is 3.08. The Morgan fingerprint density at radius 1 is 1.10 bits per heavy atom. The van der Waals surface area contributed by atoms with E-state index in [1.54, 1.807) is 0 Å². The molecule has 0 aromatic carbocycles. The Bertz CT molecular complexity index is 303. The first-order valence-corrected chi connectivity index (χ1v) is 7.93. The van der Waals surface area contributed by atoms with Gasteiger partial charge < -0.3 is 15.0 Å². The minimum Gasteiger partial charge on any atom is -0.393 e. The van der Waals surface area contributed by atoms with Crippen molar-refractivity contribution in [2.75, 3.05) is 0 Å². The smallest absolute Gasteiger partial charge is 0.132 e. The number of rotatable bonds is 10. The Hall–Kier alpha value is -0.740. The molecule has 0 radical (unpaired) electrons. The number of carbonyl (C=O) groups is 2. The monoisotopic (exact) mass is 284 g/mol. The van der Waals surface area contributed by atoms with Crippen molar-refractivity contribution in [3.8, 4) is 0 Å². The second-order valence-corrected chi connectivity index (χ2v) is 5.99. The lowest BCUT2D eigenvalue weighted by Crippen LogP contribution is -2.24. The first-order chi connectivity index (χ1) is 9.60. The molecule has 0 unspecified atom stereocenters. The second kappa shape index (κ2) is 9.24. The van der Waals surface area contributed by atoms with Gasteiger partial charge in [0.25, 0.3) is 0 Å². The van der Waals surface area contributed by atoms with E-state index in [0.29, 0.717) is 19.3 Å². The number of Topliss-reactive ketones (excluding diaryl/α,β-unsaturated/α-hetero) is 1. The molecule has 0 heterocycles. The van der Waals surface area contributed by atoms with Crippen LogP contribution in [-0.2, 0) is 9.59 Å². The molecule has 1 rings (SSSR count). The number of unbranched alkanes of at least 4 members (excludes halogenated alkanes) is 4. The van der Waals surface area contributed by atoms with Crippen molar-refractivity contribution in [1.82, 2.24) is 0 Å². The van der Waals surface area contributed by atoms with Crippen LogP contribution < -0.4 is 0 Å². The lowest BCUT2D eigenvalue weighted by molar-refractivity contribution is -0.120. The van der Waals surface area contributed by atoms with E-state index in [4.69, 9.17) is 0 Å². The van der Waals surface area contributed by atoms with Crippen LogP contribution in [0.25, 0.3) is 0 Å². The van der Waals surface area contributed by atoms with Crippen molar-refractivity contribution in [1.29, 1.82) is 0 Å².